The molecule has 0 unspecified atom stereocenters. The molecule has 0 atom stereocenters. The van der Waals surface area contributed by atoms with E-state index in [2.05, 4.69) is 15.6 Å². The van der Waals surface area contributed by atoms with E-state index in [1.807, 2.05) is 27.0 Å². The SMILES string of the molecule is CC(C)(C)OC(=O)NC1CC(C(=O)Nc2ncc(C3CCOCC3)s2)C1. The highest BCUT2D eigenvalue weighted by Crippen LogP contribution is 2.34. The summed E-state index contributed by atoms with van der Waals surface area (Å²) in [6.45, 7) is 7.06. The lowest BCUT2D eigenvalue weighted by Gasteiger charge is -2.34. The molecule has 2 aliphatic rings. The summed E-state index contributed by atoms with van der Waals surface area (Å²) in [6, 6.07) is -0.00491. The summed E-state index contributed by atoms with van der Waals surface area (Å²) in [5, 5.41) is 6.36. The van der Waals surface area contributed by atoms with Gasteiger partial charge in [0.15, 0.2) is 5.13 Å². The van der Waals surface area contributed by atoms with E-state index in [0.29, 0.717) is 23.9 Å². The lowest BCUT2D eigenvalue weighted by atomic mass is 9.80. The van der Waals surface area contributed by atoms with Crippen molar-refractivity contribution >= 4 is 28.5 Å². The number of aromatic nitrogens is 1. The van der Waals surface area contributed by atoms with Crippen LogP contribution in [0.25, 0.3) is 0 Å². The van der Waals surface area contributed by atoms with Gasteiger partial charge in [0, 0.05) is 36.2 Å². The average molecular weight is 381 g/mol. The lowest BCUT2D eigenvalue weighted by molar-refractivity contribution is -0.122. The van der Waals surface area contributed by atoms with Gasteiger partial charge >= 0.3 is 6.09 Å². The van der Waals surface area contributed by atoms with Gasteiger partial charge in [-0.05, 0) is 52.4 Å². The number of nitrogens with zero attached hydrogens (tertiary/aromatic N) is 1. The van der Waals surface area contributed by atoms with Crippen molar-refractivity contribution in [2.45, 2.75) is 64.0 Å². The highest BCUT2D eigenvalue weighted by molar-refractivity contribution is 7.15. The second kappa shape index (κ2) is 7.92. The third-order valence-electron chi connectivity index (χ3n) is 4.61. The van der Waals surface area contributed by atoms with Crippen molar-refractivity contribution in [2.75, 3.05) is 18.5 Å². The van der Waals surface area contributed by atoms with E-state index in [9.17, 15) is 9.59 Å². The summed E-state index contributed by atoms with van der Waals surface area (Å²) in [6.07, 6.45) is 4.71. The highest BCUT2D eigenvalue weighted by atomic mass is 32.1. The first kappa shape index (κ1) is 19.1. The van der Waals surface area contributed by atoms with Crippen molar-refractivity contribution < 1.29 is 19.1 Å². The number of thiazole rings is 1. The molecule has 7 nitrogen and oxygen atoms in total. The predicted octanol–water partition coefficient (Wildman–Crippen LogP) is 3.28. The minimum atomic E-state index is -0.516. The Labute approximate surface area is 157 Å². The Kier molecular flexibility index (Phi) is 5.82. The standard InChI is InChI=1S/C18H27N3O4S/c1-18(2,3)25-17(23)20-13-8-12(9-13)15(22)21-16-19-10-14(26-16)11-4-6-24-7-5-11/h10-13H,4-9H2,1-3H3,(H,20,23)(H,19,21,22). The van der Waals surface area contributed by atoms with E-state index in [4.69, 9.17) is 9.47 Å². The first-order chi connectivity index (χ1) is 12.3. The van der Waals surface area contributed by atoms with Crippen LogP contribution in [-0.2, 0) is 14.3 Å². The third kappa shape index (κ3) is 5.17. The van der Waals surface area contributed by atoms with E-state index < -0.39 is 11.7 Å². The zero-order valence-electron chi connectivity index (χ0n) is 15.5. The van der Waals surface area contributed by atoms with Crippen LogP contribution in [0.1, 0.15) is 57.2 Å². The summed E-state index contributed by atoms with van der Waals surface area (Å²) < 4.78 is 10.6. The van der Waals surface area contributed by atoms with Crippen molar-refractivity contribution in [3.8, 4) is 0 Å². The van der Waals surface area contributed by atoms with Gasteiger partial charge in [0.2, 0.25) is 5.91 Å². The van der Waals surface area contributed by atoms with Crippen LogP contribution in [-0.4, -0.2) is 41.8 Å². The molecule has 0 aromatic carbocycles. The Morgan fingerprint density at radius 1 is 1.27 bits per heavy atom. The Morgan fingerprint density at radius 2 is 1.96 bits per heavy atom. The summed E-state index contributed by atoms with van der Waals surface area (Å²) in [5.41, 5.74) is -0.516. The van der Waals surface area contributed by atoms with Gasteiger partial charge < -0.3 is 20.1 Å². The van der Waals surface area contributed by atoms with Gasteiger partial charge in [-0.25, -0.2) is 9.78 Å². The quantitative estimate of drug-likeness (QED) is 0.835. The number of hydrogen-bond donors (Lipinski definition) is 2. The fourth-order valence-electron chi connectivity index (χ4n) is 3.15. The van der Waals surface area contributed by atoms with Crippen molar-refractivity contribution in [1.29, 1.82) is 0 Å². The molecule has 0 radical (unpaired) electrons. The fourth-order valence-corrected chi connectivity index (χ4v) is 4.13. The van der Waals surface area contributed by atoms with Crippen LogP contribution >= 0.6 is 11.3 Å². The number of hydrogen-bond acceptors (Lipinski definition) is 6. The maximum atomic E-state index is 12.3. The van der Waals surface area contributed by atoms with Gasteiger partial charge in [-0.15, -0.1) is 11.3 Å². The Bertz CT molecular complexity index is 643. The van der Waals surface area contributed by atoms with E-state index in [1.54, 1.807) is 11.3 Å². The predicted molar refractivity (Wildman–Crippen MR) is 99.4 cm³/mol. The molecule has 1 aromatic rings. The minimum Gasteiger partial charge on any atom is -0.444 e. The number of anilines is 1. The fraction of sp³-hybridized carbons (Fsp3) is 0.722. The molecule has 3 rings (SSSR count). The number of nitrogens with one attached hydrogen (secondary N) is 2. The van der Waals surface area contributed by atoms with Crippen LogP contribution in [0.5, 0.6) is 0 Å². The molecular weight excluding hydrogens is 354 g/mol. The first-order valence-corrected chi connectivity index (χ1v) is 9.95. The molecule has 1 aromatic heterocycles. The second-order valence-electron chi connectivity index (χ2n) is 7.96. The van der Waals surface area contributed by atoms with Crippen LogP contribution in [0.4, 0.5) is 9.93 Å². The maximum absolute atomic E-state index is 12.3. The Hall–Kier alpha value is -1.67. The summed E-state index contributed by atoms with van der Waals surface area (Å²) in [5.74, 6) is 0.364. The number of alkyl carbamates (subject to hydrolysis) is 1. The summed E-state index contributed by atoms with van der Waals surface area (Å²) in [7, 11) is 0. The summed E-state index contributed by atoms with van der Waals surface area (Å²) in [4.78, 5) is 29.6. The Balaban J connectivity index is 1.41. The van der Waals surface area contributed by atoms with E-state index >= 15 is 0 Å². The van der Waals surface area contributed by atoms with Crippen molar-refractivity contribution in [3.63, 3.8) is 0 Å². The number of carbonyl (C=O) groups excluding carboxylic acids is 2. The smallest absolute Gasteiger partial charge is 0.407 e. The molecular formula is C18H27N3O4S. The first-order valence-electron chi connectivity index (χ1n) is 9.14. The molecule has 2 amide bonds. The molecule has 144 valence electrons. The van der Waals surface area contributed by atoms with Gasteiger partial charge in [0.1, 0.15) is 5.60 Å². The number of carbonyl (C=O) groups is 2. The lowest BCUT2D eigenvalue weighted by Crippen LogP contribution is -2.49. The minimum absolute atomic E-state index is 0.00491. The molecule has 1 saturated heterocycles. The largest absolute Gasteiger partial charge is 0.444 e. The molecule has 0 spiro atoms. The zero-order chi connectivity index (χ0) is 18.7. The number of rotatable bonds is 4. The van der Waals surface area contributed by atoms with Crippen molar-refractivity contribution in [3.05, 3.63) is 11.1 Å². The molecule has 1 aliphatic carbocycles. The number of ether oxygens (including phenoxy) is 2. The van der Waals surface area contributed by atoms with Crippen LogP contribution in [0.15, 0.2) is 6.20 Å². The molecule has 0 bridgehead atoms. The van der Waals surface area contributed by atoms with E-state index in [0.717, 1.165) is 26.1 Å². The van der Waals surface area contributed by atoms with Gasteiger partial charge in [-0.2, -0.15) is 0 Å². The topological polar surface area (TPSA) is 89.5 Å². The van der Waals surface area contributed by atoms with Crippen LogP contribution < -0.4 is 10.6 Å². The monoisotopic (exact) mass is 381 g/mol. The molecule has 26 heavy (non-hydrogen) atoms. The third-order valence-corrected chi connectivity index (χ3v) is 5.68. The van der Waals surface area contributed by atoms with Gasteiger partial charge in [-0.3, -0.25) is 4.79 Å². The molecule has 2 fully saturated rings. The van der Waals surface area contributed by atoms with Gasteiger partial charge in [0.25, 0.3) is 0 Å². The van der Waals surface area contributed by atoms with Gasteiger partial charge in [-0.1, -0.05) is 0 Å². The normalized spacial score (nSPS) is 23.8. The van der Waals surface area contributed by atoms with Gasteiger partial charge in [0.05, 0.1) is 0 Å². The second-order valence-corrected chi connectivity index (χ2v) is 9.02. The van der Waals surface area contributed by atoms with E-state index in [-0.39, 0.29) is 17.9 Å². The highest BCUT2D eigenvalue weighted by Gasteiger charge is 2.36. The van der Waals surface area contributed by atoms with Crippen molar-refractivity contribution in [2.24, 2.45) is 5.92 Å². The molecule has 1 aliphatic heterocycles. The average Bonchev–Trinajstić information content (AvgIpc) is 2.98. The van der Waals surface area contributed by atoms with Crippen LogP contribution in [0.3, 0.4) is 0 Å². The summed E-state index contributed by atoms with van der Waals surface area (Å²) >= 11 is 1.55. The van der Waals surface area contributed by atoms with E-state index in [1.165, 1.54) is 4.88 Å². The molecule has 8 heteroatoms. The Morgan fingerprint density at radius 3 is 2.62 bits per heavy atom. The zero-order valence-corrected chi connectivity index (χ0v) is 16.4. The molecule has 1 saturated carbocycles. The molecule has 2 heterocycles. The maximum Gasteiger partial charge on any atom is 0.407 e. The number of amides is 2. The molecule has 2 N–H and O–H groups in total. The van der Waals surface area contributed by atoms with Crippen LogP contribution in [0.2, 0.25) is 0 Å². The van der Waals surface area contributed by atoms with Crippen molar-refractivity contribution in [1.82, 2.24) is 10.3 Å². The van der Waals surface area contributed by atoms with Crippen LogP contribution in [0, 0.1) is 5.92 Å².